The summed E-state index contributed by atoms with van der Waals surface area (Å²) in [6.45, 7) is 6.39. The molecule has 3 nitrogen and oxygen atoms in total. The Kier molecular flexibility index (Phi) is 2.49. The predicted molar refractivity (Wildman–Crippen MR) is 66.3 cm³/mol. The number of benzene rings is 1. The van der Waals surface area contributed by atoms with Gasteiger partial charge < -0.3 is 0 Å². The smallest absolute Gasteiger partial charge is 0.234 e. The lowest BCUT2D eigenvalue weighted by atomic mass is 9.87. The zero-order chi connectivity index (χ0) is 12.0. The van der Waals surface area contributed by atoms with E-state index in [0.29, 0.717) is 6.54 Å². The van der Waals surface area contributed by atoms with Crippen molar-refractivity contribution in [1.82, 2.24) is 0 Å². The van der Waals surface area contributed by atoms with Gasteiger partial charge in [-0.05, 0) is 18.6 Å². The number of nitrogens with zero attached hydrogens (tertiary/aromatic N) is 1. The largest absolute Gasteiger partial charge is 0.269 e. The molecule has 0 fully saturated rings. The number of hydrogen-bond donors (Lipinski definition) is 0. The zero-order valence-electron chi connectivity index (χ0n) is 9.90. The molecule has 2 rings (SSSR count). The van der Waals surface area contributed by atoms with Crippen molar-refractivity contribution in [2.24, 2.45) is 0 Å². The Balaban J connectivity index is 2.57. The minimum absolute atomic E-state index is 0.0984. The molecule has 0 amide bonds. The lowest BCUT2D eigenvalue weighted by molar-refractivity contribution is 0.555. The van der Waals surface area contributed by atoms with E-state index in [4.69, 9.17) is 0 Å². The van der Waals surface area contributed by atoms with Crippen molar-refractivity contribution in [2.45, 2.75) is 26.2 Å². The van der Waals surface area contributed by atoms with E-state index >= 15 is 0 Å². The van der Waals surface area contributed by atoms with Gasteiger partial charge in [-0.25, -0.2) is 8.42 Å². The summed E-state index contributed by atoms with van der Waals surface area (Å²) in [6, 6.07) is 7.75. The van der Waals surface area contributed by atoms with Crippen molar-refractivity contribution >= 4 is 15.7 Å². The van der Waals surface area contributed by atoms with Gasteiger partial charge in [0.1, 0.15) is 0 Å². The van der Waals surface area contributed by atoms with Crippen molar-refractivity contribution in [3.8, 4) is 0 Å². The van der Waals surface area contributed by atoms with Crippen LogP contribution in [0.25, 0.3) is 0 Å². The van der Waals surface area contributed by atoms with Gasteiger partial charge in [-0.3, -0.25) is 4.31 Å². The first-order valence-corrected chi connectivity index (χ1v) is 7.09. The van der Waals surface area contributed by atoms with E-state index in [0.717, 1.165) is 11.3 Å². The molecule has 0 radical (unpaired) electrons. The van der Waals surface area contributed by atoms with Gasteiger partial charge >= 0.3 is 0 Å². The van der Waals surface area contributed by atoms with E-state index in [1.54, 1.807) is 11.2 Å². The van der Waals surface area contributed by atoms with Crippen molar-refractivity contribution in [3.05, 3.63) is 29.8 Å². The highest BCUT2D eigenvalue weighted by molar-refractivity contribution is 7.92. The number of fused-ring (bicyclic) bond motifs is 1. The van der Waals surface area contributed by atoms with Crippen LogP contribution in [0.3, 0.4) is 0 Å². The third-order valence-electron chi connectivity index (χ3n) is 3.14. The summed E-state index contributed by atoms with van der Waals surface area (Å²) in [4.78, 5) is 0. The highest BCUT2D eigenvalue weighted by atomic mass is 32.2. The summed E-state index contributed by atoms with van der Waals surface area (Å²) in [7, 11) is -3.15. The Morgan fingerprint density at radius 2 is 1.94 bits per heavy atom. The van der Waals surface area contributed by atoms with Crippen LogP contribution in [0.5, 0.6) is 0 Å². The average molecular weight is 239 g/mol. The van der Waals surface area contributed by atoms with Crippen molar-refractivity contribution < 1.29 is 8.42 Å². The molecule has 16 heavy (non-hydrogen) atoms. The molecule has 0 atom stereocenters. The van der Waals surface area contributed by atoms with Crippen LogP contribution in [0.4, 0.5) is 5.69 Å². The van der Waals surface area contributed by atoms with Crippen LogP contribution >= 0.6 is 0 Å². The van der Waals surface area contributed by atoms with Crippen molar-refractivity contribution in [3.63, 3.8) is 0 Å². The molecule has 4 heteroatoms. The molecule has 0 aromatic heterocycles. The SMILES string of the molecule is CCS(=O)(=O)N1CC(C)(C)c2ccccc21. The Morgan fingerprint density at radius 3 is 2.56 bits per heavy atom. The van der Waals surface area contributed by atoms with Crippen LogP contribution in [0, 0.1) is 0 Å². The fourth-order valence-corrected chi connectivity index (χ4v) is 3.49. The highest BCUT2D eigenvalue weighted by Crippen LogP contribution is 2.41. The lowest BCUT2D eigenvalue weighted by Gasteiger charge is -2.21. The third kappa shape index (κ3) is 1.61. The van der Waals surface area contributed by atoms with Crippen LogP contribution in [0.2, 0.25) is 0 Å². The molecule has 88 valence electrons. The van der Waals surface area contributed by atoms with Gasteiger partial charge in [0, 0.05) is 12.0 Å². The topological polar surface area (TPSA) is 37.4 Å². The minimum atomic E-state index is -3.15. The second kappa shape index (κ2) is 3.48. The molecule has 0 saturated heterocycles. The fourth-order valence-electron chi connectivity index (χ4n) is 2.20. The van der Waals surface area contributed by atoms with E-state index in [9.17, 15) is 8.42 Å². The maximum Gasteiger partial charge on any atom is 0.234 e. The van der Waals surface area contributed by atoms with Crippen LogP contribution in [0.15, 0.2) is 24.3 Å². The molecule has 1 aliphatic heterocycles. The molecule has 0 N–H and O–H groups in total. The molecule has 0 saturated carbocycles. The molecule has 1 aromatic carbocycles. The van der Waals surface area contributed by atoms with E-state index < -0.39 is 10.0 Å². The maximum absolute atomic E-state index is 12.0. The van der Waals surface area contributed by atoms with Crippen LogP contribution < -0.4 is 4.31 Å². The Bertz CT molecular complexity index is 506. The van der Waals surface area contributed by atoms with Crippen LogP contribution in [-0.2, 0) is 15.4 Å². The summed E-state index contributed by atoms with van der Waals surface area (Å²) in [6.07, 6.45) is 0. The number of rotatable bonds is 2. The zero-order valence-corrected chi connectivity index (χ0v) is 10.7. The van der Waals surface area contributed by atoms with Gasteiger partial charge in [0.2, 0.25) is 10.0 Å². The number of anilines is 1. The second-order valence-corrected chi connectivity index (χ2v) is 6.99. The number of sulfonamides is 1. The highest BCUT2D eigenvalue weighted by Gasteiger charge is 2.39. The Labute approximate surface area is 97.1 Å². The van der Waals surface area contributed by atoms with E-state index in [-0.39, 0.29) is 11.2 Å². The predicted octanol–water partition coefficient (Wildman–Crippen LogP) is 2.13. The first-order chi connectivity index (χ1) is 7.38. The fraction of sp³-hybridized carbons (Fsp3) is 0.500. The van der Waals surface area contributed by atoms with Gasteiger partial charge in [0.15, 0.2) is 0 Å². The third-order valence-corrected chi connectivity index (χ3v) is 4.87. The molecule has 1 aromatic rings. The van der Waals surface area contributed by atoms with Gasteiger partial charge in [0.25, 0.3) is 0 Å². The lowest BCUT2D eigenvalue weighted by Crippen LogP contribution is -2.34. The molecule has 1 aliphatic rings. The van der Waals surface area contributed by atoms with Crippen LogP contribution in [-0.4, -0.2) is 20.7 Å². The maximum atomic E-state index is 12.0. The monoisotopic (exact) mass is 239 g/mol. The first kappa shape index (κ1) is 11.5. The Hall–Kier alpha value is -1.03. The number of hydrogen-bond acceptors (Lipinski definition) is 2. The molecule has 1 heterocycles. The van der Waals surface area contributed by atoms with Crippen LogP contribution in [0.1, 0.15) is 26.3 Å². The summed E-state index contributed by atoms with van der Waals surface area (Å²) in [5, 5.41) is 0. The average Bonchev–Trinajstić information content (AvgIpc) is 2.53. The summed E-state index contributed by atoms with van der Waals surface area (Å²) in [5.41, 5.74) is 1.86. The standard InChI is InChI=1S/C12H17NO2S/c1-4-16(14,15)13-9-12(2,3)10-7-5-6-8-11(10)13/h5-8H,4,9H2,1-3H3. The molecular weight excluding hydrogens is 222 g/mol. The molecule has 0 bridgehead atoms. The summed E-state index contributed by atoms with van der Waals surface area (Å²) >= 11 is 0. The van der Waals surface area contributed by atoms with Gasteiger partial charge in [-0.1, -0.05) is 32.0 Å². The number of para-hydroxylation sites is 1. The van der Waals surface area contributed by atoms with Gasteiger partial charge in [-0.15, -0.1) is 0 Å². The van der Waals surface area contributed by atoms with Crippen molar-refractivity contribution in [2.75, 3.05) is 16.6 Å². The van der Waals surface area contributed by atoms with E-state index in [2.05, 4.69) is 13.8 Å². The van der Waals surface area contributed by atoms with Crippen molar-refractivity contribution in [1.29, 1.82) is 0 Å². The Morgan fingerprint density at radius 1 is 1.31 bits per heavy atom. The summed E-state index contributed by atoms with van der Waals surface area (Å²) in [5.74, 6) is 0.150. The van der Waals surface area contributed by atoms with E-state index in [1.165, 1.54) is 0 Å². The van der Waals surface area contributed by atoms with E-state index in [1.807, 2.05) is 24.3 Å². The molecule has 0 unspecified atom stereocenters. The normalized spacial score (nSPS) is 18.6. The first-order valence-electron chi connectivity index (χ1n) is 5.48. The van der Waals surface area contributed by atoms with Gasteiger partial charge in [0.05, 0.1) is 11.4 Å². The molecule has 0 spiro atoms. The molecule has 0 aliphatic carbocycles. The summed E-state index contributed by atoms with van der Waals surface area (Å²) < 4.78 is 25.5. The molecular formula is C12H17NO2S. The van der Waals surface area contributed by atoms with Gasteiger partial charge in [-0.2, -0.15) is 0 Å². The minimum Gasteiger partial charge on any atom is -0.269 e. The quantitative estimate of drug-likeness (QED) is 0.793. The second-order valence-electron chi connectivity index (χ2n) is 4.81.